The lowest BCUT2D eigenvalue weighted by Crippen LogP contribution is -2.30. The molecular formula is C19H17Cl2N3O2S. The predicted molar refractivity (Wildman–Crippen MR) is 112 cm³/mol. The summed E-state index contributed by atoms with van der Waals surface area (Å²) in [5.41, 5.74) is 2.19. The van der Waals surface area contributed by atoms with Gasteiger partial charge in [0.2, 0.25) is 11.8 Å². The molecule has 2 aromatic rings. The Morgan fingerprint density at radius 2 is 1.96 bits per heavy atom. The van der Waals surface area contributed by atoms with Crippen LogP contribution in [-0.4, -0.2) is 34.2 Å². The number of carbonyl (C=O) groups excluding carboxylic acids is 2. The number of para-hydroxylation sites is 1. The molecule has 0 aromatic heterocycles. The molecule has 1 fully saturated rings. The van der Waals surface area contributed by atoms with Crippen LogP contribution in [-0.2, 0) is 9.59 Å². The molecule has 2 amide bonds. The Kier molecular flexibility index (Phi) is 6.09. The molecule has 3 rings (SSSR count). The van der Waals surface area contributed by atoms with Gasteiger partial charge in [0.25, 0.3) is 0 Å². The van der Waals surface area contributed by atoms with E-state index in [1.54, 1.807) is 25.2 Å². The van der Waals surface area contributed by atoms with Crippen molar-refractivity contribution in [3.05, 3.63) is 58.1 Å². The van der Waals surface area contributed by atoms with Gasteiger partial charge in [0.15, 0.2) is 5.17 Å². The second-order valence-electron chi connectivity index (χ2n) is 6.04. The molecule has 2 aromatic carbocycles. The number of carbonyl (C=O) groups is 2. The Labute approximate surface area is 171 Å². The Bertz CT molecular complexity index is 933. The zero-order valence-corrected chi connectivity index (χ0v) is 17.0. The molecule has 1 atom stereocenters. The summed E-state index contributed by atoms with van der Waals surface area (Å²) in [6.07, 6.45) is 0.0600. The number of amidine groups is 1. The van der Waals surface area contributed by atoms with Crippen LogP contribution in [0.15, 0.2) is 47.5 Å². The van der Waals surface area contributed by atoms with Gasteiger partial charge in [0, 0.05) is 19.2 Å². The first-order chi connectivity index (χ1) is 12.9. The van der Waals surface area contributed by atoms with Crippen molar-refractivity contribution in [2.75, 3.05) is 12.4 Å². The summed E-state index contributed by atoms with van der Waals surface area (Å²) in [6.45, 7) is 1.92. The second-order valence-corrected chi connectivity index (χ2v) is 7.99. The zero-order valence-electron chi connectivity index (χ0n) is 14.7. The van der Waals surface area contributed by atoms with E-state index in [1.807, 2.05) is 31.2 Å². The lowest BCUT2D eigenvalue weighted by Gasteiger charge is -2.10. The first-order valence-electron chi connectivity index (χ1n) is 8.19. The fourth-order valence-corrected chi connectivity index (χ4v) is 4.05. The first kappa shape index (κ1) is 19.7. The van der Waals surface area contributed by atoms with Gasteiger partial charge in [-0.25, -0.2) is 4.99 Å². The van der Waals surface area contributed by atoms with Crippen molar-refractivity contribution < 1.29 is 9.59 Å². The summed E-state index contributed by atoms with van der Waals surface area (Å²) in [4.78, 5) is 30.7. The summed E-state index contributed by atoms with van der Waals surface area (Å²) in [5.74, 6) is -0.387. The molecular weight excluding hydrogens is 405 g/mol. The van der Waals surface area contributed by atoms with Crippen LogP contribution in [0.1, 0.15) is 12.0 Å². The van der Waals surface area contributed by atoms with Crippen molar-refractivity contribution in [3.63, 3.8) is 0 Å². The minimum atomic E-state index is -0.532. The zero-order chi connectivity index (χ0) is 19.6. The fraction of sp³-hybridized carbons (Fsp3) is 0.211. The summed E-state index contributed by atoms with van der Waals surface area (Å²) in [6, 6.07) is 12.6. The van der Waals surface area contributed by atoms with E-state index in [1.165, 1.54) is 16.7 Å². The van der Waals surface area contributed by atoms with Crippen molar-refractivity contribution in [2.45, 2.75) is 18.6 Å². The minimum absolute atomic E-state index is 0.0600. The van der Waals surface area contributed by atoms with E-state index in [-0.39, 0.29) is 18.2 Å². The van der Waals surface area contributed by atoms with Crippen molar-refractivity contribution in [3.8, 4) is 0 Å². The van der Waals surface area contributed by atoms with E-state index < -0.39 is 5.25 Å². The maximum absolute atomic E-state index is 12.5. The molecule has 0 spiro atoms. The van der Waals surface area contributed by atoms with Gasteiger partial charge in [-0.2, -0.15) is 0 Å². The summed E-state index contributed by atoms with van der Waals surface area (Å²) in [5, 5.41) is 3.53. The Morgan fingerprint density at radius 3 is 2.70 bits per heavy atom. The minimum Gasteiger partial charge on any atom is -0.326 e. The van der Waals surface area contributed by atoms with Crippen LogP contribution in [0.5, 0.6) is 0 Å². The number of rotatable bonds is 4. The molecule has 140 valence electrons. The van der Waals surface area contributed by atoms with Crippen molar-refractivity contribution in [2.24, 2.45) is 4.99 Å². The van der Waals surface area contributed by atoms with Crippen LogP contribution in [0.2, 0.25) is 10.0 Å². The highest BCUT2D eigenvalue weighted by Crippen LogP contribution is 2.35. The van der Waals surface area contributed by atoms with E-state index in [0.29, 0.717) is 20.9 Å². The van der Waals surface area contributed by atoms with Gasteiger partial charge in [-0.1, -0.05) is 59.2 Å². The maximum Gasteiger partial charge on any atom is 0.242 e. The van der Waals surface area contributed by atoms with E-state index >= 15 is 0 Å². The third-order valence-corrected chi connectivity index (χ3v) is 6.12. The fourth-order valence-electron chi connectivity index (χ4n) is 2.56. The molecule has 1 heterocycles. The molecule has 0 radical (unpaired) electrons. The molecule has 1 aliphatic heterocycles. The first-order valence-corrected chi connectivity index (χ1v) is 9.83. The molecule has 0 unspecified atom stereocenters. The average molecular weight is 422 g/mol. The number of hydrogen-bond acceptors (Lipinski definition) is 4. The number of thioether (sulfide) groups is 1. The van der Waals surface area contributed by atoms with E-state index in [0.717, 1.165) is 11.3 Å². The van der Waals surface area contributed by atoms with Crippen molar-refractivity contribution in [1.29, 1.82) is 0 Å². The Hall–Kier alpha value is -2.02. The molecule has 5 nitrogen and oxygen atoms in total. The number of hydrogen-bond donors (Lipinski definition) is 1. The molecule has 1 aliphatic rings. The van der Waals surface area contributed by atoms with Gasteiger partial charge in [-0.15, -0.1) is 0 Å². The van der Waals surface area contributed by atoms with E-state index in [9.17, 15) is 9.59 Å². The number of aryl methyl sites for hydroxylation is 1. The summed E-state index contributed by atoms with van der Waals surface area (Å²) >= 11 is 13.4. The van der Waals surface area contributed by atoms with Gasteiger partial charge in [0.1, 0.15) is 5.25 Å². The molecule has 0 saturated carbocycles. The molecule has 0 aliphatic carbocycles. The van der Waals surface area contributed by atoms with Gasteiger partial charge >= 0.3 is 0 Å². The van der Waals surface area contributed by atoms with Gasteiger partial charge in [-0.3, -0.25) is 14.5 Å². The van der Waals surface area contributed by atoms with Crippen LogP contribution in [0.25, 0.3) is 0 Å². The largest absolute Gasteiger partial charge is 0.326 e. The summed E-state index contributed by atoms with van der Waals surface area (Å²) in [7, 11) is 1.63. The number of anilines is 1. The maximum atomic E-state index is 12.5. The Balaban J connectivity index is 1.72. The monoisotopic (exact) mass is 421 g/mol. The van der Waals surface area contributed by atoms with Crippen molar-refractivity contribution in [1.82, 2.24) is 4.90 Å². The molecule has 1 N–H and O–H groups in total. The number of amides is 2. The third kappa shape index (κ3) is 4.46. The van der Waals surface area contributed by atoms with Gasteiger partial charge in [0.05, 0.1) is 15.7 Å². The lowest BCUT2D eigenvalue weighted by atomic mass is 10.2. The highest BCUT2D eigenvalue weighted by atomic mass is 35.5. The van der Waals surface area contributed by atoms with Crippen LogP contribution < -0.4 is 5.32 Å². The SMILES string of the molecule is Cc1ccccc1NC(=O)C[C@@H]1SC(=Nc2cccc(Cl)c2Cl)N(C)C1=O. The molecule has 27 heavy (non-hydrogen) atoms. The molecule has 8 heteroatoms. The second kappa shape index (κ2) is 8.33. The van der Waals surface area contributed by atoms with Gasteiger partial charge in [-0.05, 0) is 30.7 Å². The van der Waals surface area contributed by atoms with Crippen LogP contribution in [0.4, 0.5) is 11.4 Å². The standard InChI is InChI=1S/C19H17Cl2N3O2S/c1-11-6-3-4-8-13(11)22-16(25)10-15-18(26)24(2)19(27-15)23-14-9-5-7-12(20)17(14)21/h3-9,15H,10H2,1-2H3,(H,22,25)/t15-/m0/s1. The van der Waals surface area contributed by atoms with E-state index in [4.69, 9.17) is 23.2 Å². The average Bonchev–Trinajstić information content (AvgIpc) is 2.89. The quantitative estimate of drug-likeness (QED) is 0.763. The number of benzene rings is 2. The van der Waals surface area contributed by atoms with Crippen LogP contribution >= 0.6 is 35.0 Å². The van der Waals surface area contributed by atoms with Crippen LogP contribution in [0.3, 0.4) is 0 Å². The molecule has 0 bridgehead atoms. The van der Waals surface area contributed by atoms with E-state index in [2.05, 4.69) is 10.3 Å². The molecule has 1 saturated heterocycles. The number of nitrogens with one attached hydrogen (secondary N) is 1. The van der Waals surface area contributed by atoms with Crippen molar-refractivity contribution >= 4 is 63.3 Å². The number of aliphatic imine (C=N–C) groups is 1. The summed E-state index contributed by atoms with van der Waals surface area (Å²) < 4.78 is 0. The predicted octanol–water partition coefficient (Wildman–Crippen LogP) is 4.89. The third-order valence-electron chi connectivity index (χ3n) is 4.08. The van der Waals surface area contributed by atoms with Gasteiger partial charge < -0.3 is 5.32 Å². The number of nitrogens with zero attached hydrogens (tertiary/aromatic N) is 2. The van der Waals surface area contributed by atoms with Crippen LogP contribution in [0, 0.1) is 6.92 Å². The normalized spacial score (nSPS) is 18.2. The lowest BCUT2D eigenvalue weighted by molar-refractivity contribution is -0.127. The highest BCUT2D eigenvalue weighted by Gasteiger charge is 2.37. The smallest absolute Gasteiger partial charge is 0.242 e. The number of halogens is 2. The Morgan fingerprint density at radius 1 is 1.22 bits per heavy atom. The highest BCUT2D eigenvalue weighted by molar-refractivity contribution is 8.15. The topological polar surface area (TPSA) is 61.8 Å².